The van der Waals surface area contributed by atoms with E-state index in [1.165, 1.54) is 55.9 Å². The van der Waals surface area contributed by atoms with Crippen molar-refractivity contribution in [3.8, 4) is 0 Å². The molecule has 1 aromatic heterocycles. The number of pyridine rings is 1. The molecule has 130 valence electrons. The molecule has 0 spiro atoms. The Labute approximate surface area is 145 Å². The fourth-order valence-electron chi connectivity index (χ4n) is 3.00. The SMILES string of the molecule is CCCC[N+]1(C)CCCC1.Fc1ccccc1Nc1ccccn1. The van der Waals surface area contributed by atoms with E-state index in [0.717, 1.165) is 0 Å². The number of benzene rings is 1. The minimum Gasteiger partial charge on any atom is -0.338 e. The van der Waals surface area contributed by atoms with Gasteiger partial charge in [0.1, 0.15) is 11.6 Å². The van der Waals surface area contributed by atoms with Gasteiger partial charge < -0.3 is 9.80 Å². The third-order valence-corrected chi connectivity index (χ3v) is 4.50. The Bertz CT molecular complexity index is 595. The molecular weight excluding hydrogens is 301 g/mol. The van der Waals surface area contributed by atoms with Gasteiger partial charge in [0.2, 0.25) is 0 Å². The number of hydrogen-bond acceptors (Lipinski definition) is 2. The van der Waals surface area contributed by atoms with Crippen molar-refractivity contribution in [3.05, 3.63) is 54.5 Å². The lowest BCUT2D eigenvalue weighted by Gasteiger charge is -2.28. The lowest BCUT2D eigenvalue weighted by Crippen LogP contribution is -2.41. The molecule has 1 N–H and O–H groups in total. The second-order valence-electron chi connectivity index (χ2n) is 6.67. The number of likely N-dealkylation sites (tertiary alicyclic amines) is 1. The smallest absolute Gasteiger partial charge is 0.146 e. The van der Waals surface area contributed by atoms with Crippen LogP contribution in [0.1, 0.15) is 32.6 Å². The fraction of sp³-hybridized carbons (Fsp3) is 0.450. The van der Waals surface area contributed by atoms with Gasteiger partial charge in [-0.15, -0.1) is 0 Å². The third-order valence-electron chi connectivity index (χ3n) is 4.50. The number of quaternary nitrogens is 1. The van der Waals surface area contributed by atoms with Gasteiger partial charge in [0.05, 0.1) is 32.4 Å². The van der Waals surface area contributed by atoms with Crippen molar-refractivity contribution in [2.24, 2.45) is 0 Å². The molecule has 0 bridgehead atoms. The molecule has 2 aromatic rings. The summed E-state index contributed by atoms with van der Waals surface area (Å²) in [6, 6.07) is 11.9. The number of hydrogen-bond donors (Lipinski definition) is 1. The molecule has 0 unspecified atom stereocenters. The third kappa shape index (κ3) is 5.93. The fourth-order valence-corrected chi connectivity index (χ4v) is 3.00. The van der Waals surface area contributed by atoms with Crippen LogP contribution in [-0.4, -0.2) is 36.1 Å². The van der Waals surface area contributed by atoms with Crippen LogP contribution >= 0.6 is 0 Å². The maximum atomic E-state index is 13.2. The van der Waals surface area contributed by atoms with Crippen LogP contribution < -0.4 is 5.32 Å². The average molecular weight is 330 g/mol. The van der Waals surface area contributed by atoms with Gasteiger partial charge in [0.15, 0.2) is 0 Å². The van der Waals surface area contributed by atoms with Crippen molar-refractivity contribution < 1.29 is 8.87 Å². The molecule has 1 aliphatic heterocycles. The number of nitrogens with zero attached hydrogens (tertiary/aromatic N) is 2. The quantitative estimate of drug-likeness (QED) is 0.781. The molecule has 0 aliphatic carbocycles. The first-order valence-corrected chi connectivity index (χ1v) is 8.89. The van der Waals surface area contributed by atoms with Crippen LogP contribution in [0.2, 0.25) is 0 Å². The van der Waals surface area contributed by atoms with Gasteiger partial charge >= 0.3 is 0 Å². The first-order valence-electron chi connectivity index (χ1n) is 8.89. The first-order chi connectivity index (χ1) is 11.6. The number of para-hydroxylation sites is 1. The van der Waals surface area contributed by atoms with Crippen LogP contribution in [0.25, 0.3) is 0 Å². The van der Waals surface area contributed by atoms with Gasteiger partial charge in [-0.2, -0.15) is 0 Å². The van der Waals surface area contributed by atoms with Gasteiger partial charge in [0.25, 0.3) is 0 Å². The van der Waals surface area contributed by atoms with Crippen molar-refractivity contribution in [3.63, 3.8) is 0 Å². The summed E-state index contributed by atoms with van der Waals surface area (Å²) in [7, 11) is 2.41. The average Bonchev–Trinajstić information content (AvgIpc) is 3.04. The largest absolute Gasteiger partial charge is 0.338 e. The van der Waals surface area contributed by atoms with Gasteiger partial charge in [-0.1, -0.05) is 31.5 Å². The zero-order valence-corrected chi connectivity index (χ0v) is 14.8. The van der Waals surface area contributed by atoms with Crippen molar-refractivity contribution in [2.45, 2.75) is 32.6 Å². The molecule has 1 saturated heterocycles. The van der Waals surface area contributed by atoms with Gasteiger partial charge in [-0.25, -0.2) is 9.37 Å². The molecular formula is C20H29FN3+. The normalized spacial score (nSPS) is 15.5. The monoisotopic (exact) mass is 330 g/mol. The van der Waals surface area contributed by atoms with Crippen LogP contribution in [0.3, 0.4) is 0 Å². The van der Waals surface area contributed by atoms with Gasteiger partial charge in [0, 0.05) is 19.0 Å². The van der Waals surface area contributed by atoms with Crippen LogP contribution in [0.15, 0.2) is 48.7 Å². The van der Waals surface area contributed by atoms with Crippen LogP contribution in [0, 0.1) is 5.82 Å². The summed E-state index contributed by atoms with van der Waals surface area (Å²) in [5.41, 5.74) is 0.436. The van der Waals surface area contributed by atoms with E-state index in [1.54, 1.807) is 30.5 Å². The lowest BCUT2D eigenvalue weighted by molar-refractivity contribution is -0.897. The summed E-state index contributed by atoms with van der Waals surface area (Å²) in [5.74, 6) is 0.357. The van der Waals surface area contributed by atoms with Crippen LogP contribution in [-0.2, 0) is 0 Å². The highest BCUT2D eigenvalue weighted by Crippen LogP contribution is 2.17. The molecule has 24 heavy (non-hydrogen) atoms. The van der Waals surface area contributed by atoms with E-state index in [4.69, 9.17) is 0 Å². The van der Waals surface area contributed by atoms with E-state index in [1.807, 2.05) is 12.1 Å². The summed E-state index contributed by atoms with van der Waals surface area (Å²) in [5, 5.41) is 2.89. The standard InChI is InChI=1S/C11H9FN2.C9H20N/c12-9-5-1-2-6-10(9)14-11-7-3-4-8-13-11;1-3-4-7-10(2)8-5-6-9-10/h1-8H,(H,13,14);3-9H2,1-2H3/q;+1. The summed E-state index contributed by atoms with van der Waals surface area (Å²) >= 11 is 0. The molecule has 3 nitrogen and oxygen atoms in total. The second kappa shape index (κ2) is 9.38. The van der Waals surface area contributed by atoms with E-state index >= 15 is 0 Å². The number of unbranched alkanes of at least 4 members (excludes halogenated alkanes) is 1. The minimum absolute atomic E-state index is 0.279. The van der Waals surface area contributed by atoms with E-state index in [2.05, 4.69) is 24.3 Å². The van der Waals surface area contributed by atoms with Crippen LogP contribution in [0.5, 0.6) is 0 Å². The molecule has 0 radical (unpaired) electrons. The number of halogens is 1. The summed E-state index contributed by atoms with van der Waals surface area (Å²) in [6.07, 6.45) is 7.34. The Morgan fingerprint density at radius 3 is 2.42 bits per heavy atom. The number of rotatable bonds is 5. The minimum atomic E-state index is -0.279. The predicted molar refractivity (Wildman–Crippen MR) is 98.8 cm³/mol. The zero-order chi connectivity index (χ0) is 17.3. The topological polar surface area (TPSA) is 24.9 Å². The number of anilines is 2. The van der Waals surface area contributed by atoms with E-state index in [-0.39, 0.29) is 5.82 Å². The molecule has 1 aliphatic rings. The highest BCUT2D eigenvalue weighted by atomic mass is 19.1. The zero-order valence-electron chi connectivity index (χ0n) is 14.8. The molecule has 4 heteroatoms. The molecule has 2 heterocycles. The van der Waals surface area contributed by atoms with E-state index in [0.29, 0.717) is 11.5 Å². The molecule has 1 fully saturated rings. The summed E-state index contributed by atoms with van der Waals surface area (Å²) in [4.78, 5) is 4.04. The molecule has 1 aromatic carbocycles. The summed E-state index contributed by atoms with van der Waals surface area (Å²) < 4.78 is 14.5. The van der Waals surface area contributed by atoms with Crippen molar-refractivity contribution >= 4 is 11.5 Å². The summed E-state index contributed by atoms with van der Waals surface area (Å²) in [6.45, 7) is 6.55. The first kappa shape index (κ1) is 18.4. The Morgan fingerprint density at radius 2 is 1.79 bits per heavy atom. The maximum absolute atomic E-state index is 13.2. The predicted octanol–water partition coefficient (Wildman–Crippen LogP) is 4.99. The van der Waals surface area contributed by atoms with Crippen molar-refractivity contribution in [1.82, 2.24) is 4.98 Å². The Balaban J connectivity index is 0.000000185. The molecule has 0 atom stereocenters. The number of aromatic nitrogens is 1. The Hall–Kier alpha value is -1.94. The second-order valence-corrected chi connectivity index (χ2v) is 6.67. The van der Waals surface area contributed by atoms with Crippen LogP contribution in [0.4, 0.5) is 15.9 Å². The van der Waals surface area contributed by atoms with Gasteiger partial charge in [-0.3, -0.25) is 0 Å². The number of nitrogens with one attached hydrogen (secondary N) is 1. The van der Waals surface area contributed by atoms with E-state index < -0.39 is 0 Å². The Morgan fingerprint density at radius 1 is 1.08 bits per heavy atom. The van der Waals surface area contributed by atoms with Gasteiger partial charge in [-0.05, 0) is 30.7 Å². The van der Waals surface area contributed by atoms with E-state index in [9.17, 15) is 4.39 Å². The molecule has 0 saturated carbocycles. The molecule has 0 amide bonds. The maximum Gasteiger partial charge on any atom is 0.146 e. The Kier molecular flexibility index (Phi) is 7.19. The van der Waals surface area contributed by atoms with Crippen molar-refractivity contribution in [2.75, 3.05) is 32.0 Å². The molecule has 3 rings (SSSR count). The highest BCUT2D eigenvalue weighted by Gasteiger charge is 2.25. The highest BCUT2D eigenvalue weighted by molar-refractivity contribution is 5.56. The van der Waals surface area contributed by atoms with Crippen molar-refractivity contribution in [1.29, 1.82) is 0 Å². The lowest BCUT2D eigenvalue weighted by atomic mass is 10.3.